The molecule has 0 aliphatic heterocycles. The lowest BCUT2D eigenvalue weighted by Crippen LogP contribution is -2.70. The molecule has 3 saturated carbocycles. The highest BCUT2D eigenvalue weighted by Crippen LogP contribution is 2.71. The summed E-state index contributed by atoms with van der Waals surface area (Å²) in [7, 11) is 0. The van der Waals surface area contributed by atoms with Crippen molar-refractivity contribution in [3.8, 4) is 11.8 Å². The Bertz CT molecular complexity index is 1750. The molecule has 0 radical (unpaired) electrons. The first-order valence-corrected chi connectivity index (χ1v) is 16.0. The van der Waals surface area contributed by atoms with Gasteiger partial charge in [0.25, 0.3) is 0 Å². The summed E-state index contributed by atoms with van der Waals surface area (Å²) in [5.74, 6) is -2.34. The van der Waals surface area contributed by atoms with Crippen molar-refractivity contribution in [2.45, 2.75) is 69.7 Å². The minimum Gasteiger partial charge on any atom is -0.451 e. The molecule has 0 spiro atoms. The highest BCUT2D eigenvalue weighted by molar-refractivity contribution is 8.14. The molecule has 0 saturated heterocycles. The van der Waals surface area contributed by atoms with Crippen molar-refractivity contribution in [2.24, 2.45) is 22.7 Å². The van der Waals surface area contributed by atoms with E-state index in [0.29, 0.717) is 31.4 Å². The van der Waals surface area contributed by atoms with Crippen LogP contribution in [0.2, 0.25) is 0 Å². The topological polar surface area (TPSA) is 131 Å². The number of allylic oxidation sites excluding steroid dienone is 1. The summed E-state index contributed by atoms with van der Waals surface area (Å²) < 4.78 is 44.4. The largest absolute Gasteiger partial charge is 0.451 e. The maximum Gasteiger partial charge on any atom is 0.361 e. The first kappa shape index (κ1) is 29.9. The van der Waals surface area contributed by atoms with Gasteiger partial charge in [-0.3, -0.25) is 4.79 Å². The van der Waals surface area contributed by atoms with E-state index in [1.54, 1.807) is 23.0 Å². The Labute approximate surface area is 262 Å². The van der Waals surface area contributed by atoms with E-state index in [2.05, 4.69) is 10.1 Å². The molecule has 2 heterocycles. The van der Waals surface area contributed by atoms with Gasteiger partial charge >= 0.3 is 5.97 Å². The molecule has 3 aromatic rings. The van der Waals surface area contributed by atoms with Gasteiger partial charge in [-0.05, 0) is 80.3 Å². The van der Waals surface area contributed by atoms with E-state index < -0.39 is 45.2 Å². The summed E-state index contributed by atoms with van der Waals surface area (Å²) in [6.45, 7) is 3.68. The lowest BCUT2D eigenvalue weighted by molar-refractivity contribution is -0.222. The highest BCUT2D eigenvalue weighted by Gasteiger charge is 2.76. The third-order valence-corrected chi connectivity index (χ3v) is 12.1. The minimum atomic E-state index is -2.04. The molecular weight excluding hydrogens is 602 g/mol. The molecule has 2 aromatic heterocycles. The lowest BCUT2D eigenvalue weighted by atomic mass is 9.44. The molecule has 7 rings (SSSR count). The van der Waals surface area contributed by atoms with E-state index in [1.165, 1.54) is 12.1 Å². The zero-order chi connectivity index (χ0) is 31.8. The number of oxazole rings is 1. The number of aromatic nitrogens is 3. The van der Waals surface area contributed by atoms with Crippen LogP contribution in [0.5, 0.6) is 0 Å². The molecule has 7 unspecified atom stereocenters. The number of aliphatic hydroxyl groups is 1. The zero-order valence-electron chi connectivity index (χ0n) is 24.8. The van der Waals surface area contributed by atoms with E-state index >= 15 is 4.39 Å². The van der Waals surface area contributed by atoms with Gasteiger partial charge < -0.3 is 14.3 Å². The van der Waals surface area contributed by atoms with Crippen molar-refractivity contribution >= 4 is 28.9 Å². The third-order valence-electron chi connectivity index (χ3n) is 11.3. The Morgan fingerprint density at radius 1 is 1.24 bits per heavy atom. The molecular formula is C33H32F2N4O5S. The average Bonchev–Trinajstić information content (AvgIpc) is 3.75. The molecule has 12 heteroatoms. The highest BCUT2D eigenvalue weighted by atomic mass is 32.2. The monoisotopic (exact) mass is 634 g/mol. The number of esters is 1. The number of fused-ring (bicyclic) bond motifs is 6. The standard InChI is InChI=1S/C33H32F2N4O5S/c1-30-14-19-16-38-39(22-6-4-21(34)5-7-22)26(19)13-20(30)3-8-24-23-9-10-32(29(42)45-12-11-36,44-28(41)25-17-43-18-37-25)31(23,2)15-27(40)33(24,30)35/h4-7,13,16-18,23-24,27,40H,3,8-10,12,14-15H2,1-2H3. The van der Waals surface area contributed by atoms with Crippen LogP contribution in [0.1, 0.15) is 67.7 Å². The molecule has 7 atom stereocenters. The van der Waals surface area contributed by atoms with Crippen LogP contribution in [0.3, 0.4) is 0 Å². The van der Waals surface area contributed by atoms with Crippen molar-refractivity contribution < 1.29 is 32.6 Å². The molecule has 45 heavy (non-hydrogen) atoms. The number of alkyl halides is 1. The number of hydrogen-bond donors (Lipinski definition) is 1. The second kappa shape index (κ2) is 10.4. The minimum absolute atomic E-state index is 0.102. The van der Waals surface area contributed by atoms with E-state index in [0.717, 1.165) is 41.2 Å². The maximum absolute atomic E-state index is 18.1. The van der Waals surface area contributed by atoms with Crippen molar-refractivity contribution in [1.82, 2.24) is 14.8 Å². The number of thioether (sulfide) groups is 1. The summed E-state index contributed by atoms with van der Waals surface area (Å²) >= 11 is 0.771. The molecule has 9 nitrogen and oxygen atoms in total. The molecule has 1 N–H and O–H groups in total. The smallest absolute Gasteiger partial charge is 0.361 e. The van der Waals surface area contributed by atoms with Crippen LogP contribution < -0.4 is 0 Å². The van der Waals surface area contributed by atoms with E-state index in [9.17, 15) is 24.3 Å². The van der Waals surface area contributed by atoms with Gasteiger partial charge in [-0.1, -0.05) is 31.2 Å². The van der Waals surface area contributed by atoms with Gasteiger partial charge in [0.2, 0.25) is 5.12 Å². The van der Waals surface area contributed by atoms with E-state index in [4.69, 9.17) is 9.15 Å². The molecule has 4 aliphatic rings. The summed E-state index contributed by atoms with van der Waals surface area (Å²) in [6, 6.07) is 7.99. The van der Waals surface area contributed by atoms with Gasteiger partial charge in [-0.25, -0.2) is 23.2 Å². The van der Waals surface area contributed by atoms with Gasteiger partial charge in [-0.2, -0.15) is 10.4 Å². The van der Waals surface area contributed by atoms with Crippen LogP contribution >= 0.6 is 11.8 Å². The number of carbonyl (C=O) groups excluding carboxylic acids is 2. The van der Waals surface area contributed by atoms with Crippen LogP contribution in [0.15, 0.2) is 53.1 Å². The summed E-state index contributed by atoms with van der Waals surface area (Å²) in [4.78, 5) is 31.0. The fourth-order valence-electron chi connectivity index (χ4n) is 9.11. The van der Waals surface area contributed by atoms with Crippen molar-refractivity contribution in [1.29, 1.82) is 5.26 Å². The van der Waals surface area contributed by atoms with Gasteiger partial charge in [0.15, 0.2) is 17.7 Å². The van der Waals surface area contributed by atoms with Crippen molar-refractivity contribution in [3.05, 3.63) is 71.5 Å². The van der Waals surface area contributed by atoms with Crippen LogP contribution in [0, 0.1) is 39.8 Å². The first-order valence-electron chi connectivity index (χ1n) is 15.0. The lowest BCUT2D eigenvalue weighted by Gasteiger charge is -2.63. The number of carbonyl (C=O) groups is 2. The summed E-state index contributed by atoms with van der Waals surface area (Å²) in [5, 5.41) is 25.2. The molecule has 234 valence electrons. The van der Waals surface area contributed by atoms with Crippen molar-refractivity contribution in [3.63, 3.8) is 0 Å². The van der Waals surface area contributed by atoms with Gasteiger partial charge in [0.05, 0.1) is 35.5 Å². The Kier molecular flexibility index (Phi) is 6.87. The van der Waals surface area contributed by atoms with Crippen LogP contribution in [-0.4, -0.2) is 54.1 Å². The van der Waals surface area contributed by atoms with Crippen LogP contribution in [0.25, 0.3) is 11.8 Å². The van der Waals surface area contributed by atoms with E-state index in [1.807, 2.05) is 26.0 Å². The number of benzene rings is 1. The van der Waals surface area contributed by atoms with Crippen molar-refractivity contribution in [2.75, 3.05) is 5.75 Å². The Balaban J connectivity index is 1.26. The fourth-order valence-corrected chi connectivity index (χ4v) is 9.92. The molecule has 1 aromatic carbocycles. The van der Waals surface area contributed by atoms with Gasteiger partial charge in [0.1, 0.15) is 17.7 Å². The second-order valence-corrected chi connectivity index (χ2v) is 14.1. The quantitative estimate of drug-likeness (QED) is 0.355. The zero-order valence-corrected chi connectivity index (χ0v) is 25.7. The Morgan fingerprint density at radius 3 is 2.73 bits per heavy atom. The number of ether oxygens (including phenoxy) is 1. The average molecular weight is 635 g/mol. The molecule has 3 fully saturated rings. The number of rotatable bonds is 5. The predicted octanol–water partition coefficient (Wildman–Crippen LogP) is 5.62. The molecule has 4 aliphatic carbocycles. The predicted molar refractivity (Wildman–Crippen MR) is 159 cm³/mol. The number of aliphatic hydroxyl groups excluding tert-OH is 1. The number of nitriles is 1. The SMILES string of the molecule is CC12Cc3cnn(-c4ccc(F)cc4)c3C=C1CCC1C3CCC(OC(=O)c4cocn4)(C(=O)SCC#N)C3(C)CC(O)C12F. The number of nitrogens with zero attached hydrogens (tertiary/aromatic N) is 4. The third kappa shape index (κ3) is 4.06. The van der Waals surface area contributed by atoms with Gasteiger partial charge in [0, 0.05) is 16.7 Å². The number of halogens is 2. The Morgan fingerprint density at radius 2 is 2.02 bits per heavy atom. The summed E-state index contributed by atoms with van der Waals surface area (Å²) in [6.07, 6.45) is 6.18. The normalized spacial score (nSPS) is 34.8. The molecule has 0 bridgehead atoms. The van der Waals surface area contributed by atoms with Crippen LogP contribution in [-0.2, 0) is 16.0 Å². The van der Waals surface area contributed by atoms with Gasteiger partial charge in [-0.15, -0.1) is 0 Å². The number of hydrogen-bond acceptors (Lipinski definition) is 9. The Hall–Kier alpha value is -3.82. The first-order chi connectivity index (χ1) is 21.5. The van der Waals surface area contributed by atoms with Crippen LogP contribution in [0.4, 0.5) is 8.78 Å². The summed E-state index contributed by atoms with van der Waals surface area (Å²) in [5.41, 5.74) is -2.77. The van der Waals surface area contributed by atoms with E-state index in [-0.39, 0.29) is 36.0 Å². The second-order valence-electron chi connectivity index (χ2n) is 13.1. The maximum atomic E-state index is 18.1. The molecule has 0 amide bonds. The fraction of sp³-hybridized carbons (Fsp3) is 0.485.